The van der Waals surface area contributed by atoms with Crippen molar-refractivity contribution in [1.82, 2.24) is 34.7 Å². The highest BCUT2D eigenvalue weighted by Gasteiger charge is 2.31. The Morgan fingerprint density at radius 2 is 1.83 bits per heavy atom. The lowest BCUT2D eigenvalue weighted by Gasteiger charge is -2.34. The molecule has 1 aromatic carbocycles. The molecule has 0 amide bonds. The van der Waals surface area contributed by atoms with Crippen LogP contribution in [0.25, 0.3) is 22.5 Å². The number of H-pyrrole nitrogens is 1. The number of hydrogen-bond acceptors (Lipinski definition) is 5. The van der Waals surface area contributed by atoms with Gasteiger partial charge in [-0.05, 0) is 54.4 Å². The van der Waals surface area contributed by atoms with Gasteiger partial charge in [0.1, 0.15) is 0 Å². The van der Waals surface area contributed by atoms with E-state index >= 15 is 0 Å². The van der Waals surface area contributed by atoms with Gasteiger partial charge in [-0.15, -0.1) is 10.2 Å². The monoisotopic (exact) mass is 485 g/mol. The quantitative estimate of drug-likeness (QED) is 0.366. The molecular formula is C28H35N7O. The first-order chi connectivity index (χ1) is 17.6. The molecule has 4 aromatic rings. The molecule has 3 aromatic heterocycles. The van der Waals surface area contributed by atoms with E-state index in [1.807, 2.05) is 45.7 Å². The van der Waals surface area contributed by atoms with E-state index < -0.39 is 0 Å². The molecule has 5 rings (SSSR count). The van der Waals surface area contributed by atoms with E-state index in [0.717, 1.165) is 47.3 Å². The van der Waals surface area contributed by atoms with Crippen molar-refractivity contribution in [2.45, 2.75) is 71.9 Å². The molecule has 188 valence electrons. The summed E-state index contributed by atoms with van der Waals surface area (Å²) in [4.78, 5) is 18.4. The molecule has 1 saturated carbocycles. The summed E-state index contributed by atoms with van der Waals surface area (Å²) in [6, 6.07) is 12.3. The number of hydrogen-bond donors (Lipinski definition) is 1. The van der Waals surface area contributed by atoms with Gasteiger partial charge < -0.3 is 0 Å². The molecule has 8 heteroatoms. The van der Waals surface area contributed by atoms with Gasteiger partial charge in [-0.3, -0.25) is 14.1 Å². The number of aryl methyl sites for hydroxylation is 1. The van der Waals surface area contributed by atoms with Crippen molar-refractivity contribution in [3.8, 4) is 22.5 Å². The van der Waals surface area contributed by atoms with E-state index in [4.69, 9.17) is 4.98 Å². The van der Waals surface area contributed by atoms with Crippen LogP contribution in [0.15, 0.2) is 53.6 Å². The lowest BCUT2D eigenvalue weighted by Crippen LogP contribution is -2.35. The number of tetrazole rings is 1. The van der Waals surface area contributed by atoms with Gasteiger partial charge in [0.05, 0.1) is 12.2 Å². The zero-order chi connectivity index (χ0) is 25.1. The molecule has 0 aliphatic heterocycles. The largest absolute Gasteiger partial charge is 0.328 e. The number of nitrogens with one attached hydrogen (secondary N) is 1. The SMILES string of the molecule is CCCCc1cn(C2C(C)CCCC2C)c(=O)n1Cc1ccc(-c2ccccc2-c2nn[nH]n2)cn1. The third-order valence-electron chi connectivity index (χ3n) is 7.65. The van der Waals surface area contributed by atoms with E-state index in [-0.39, 0.29) is 11.7 Å². The minimum absolute atomic E-state index is 0.0973. The molecule has 0 spiro atoms. The van der Waals surface area contributed by atoms with Crippen LogP contribution in [0, 0.1) is 11.8 Å². The molecule has 0 radical (unpaired) electrons. The van der Waals surface area contributed by atoms with Crippen LogP contribution in [0.4, 0.5) is 0 Å². The fourth-order valence-corrected chi connectivity index (χ4v) is 5.75. The summed E-state index contributed by atoms with van der Waals surface area (Å²) in [6.07, 6.45) is 10.7. The Morgan fingerprint density at radius 3 is 2.50 bits per heavy atom. The van der Waals surface area contributed by atoms with Crippen LogP contribution in [0.2, 0.25) is 0 Å². The fraction of sp³-hybridized carbons (Fsp3) is 0.464. The summed E-state index contributed by atoms with van der Waals surface area (Å²) < 4.78 is 3.98. The number of nitrogens with zero attached hydrogens (tertiary/aromatic N) is 6. The van der Waals surface area contributed by atoms with E-state index in [1.165, 1.54) is 19.3 Å². The number of rotatable bonds is 8. The van der Waals surface area contributed by atoms with Crippen LogP contribution in [0.5, 0.6) is 0 Å². The first-order valence-electron chi connectivity index (χ1n) is 13.2. The minimum Gasteiger partial charge on any atom is -0.295 e. The highest BCUT2D eigenvalue weighted by atomic mass is 16.1. The average Bonchev–Trinajstić information content (AvgIpc) is 3.53. The second-order valence-corrected chi connectivity index (χ2v) is 10.2. The Labute approximate surface area is 211 Å². The first-order valence-corrected chi connectivity index (χ1v) is 13.2. The minimum atomic E-state index is 0.0973. The summed E-state index contributed by atoms with van der Waals surface area (Å²) in [5.74, 6) is 1.57. The highest BCUT2D eigenvalue weighted by molar-refractivity contribution is 5.79. The normalized spacial score (nSPS) is 20.0. The Kier molecular flexibility index (Phi) is 7.11. The highest BCUT2D eigenvalue weighted by Crippen LogP contribution is 2.37. The van der Waals surface area contributed by atoms with Crippen LogP contribution in [0.3, 0.4) is 0 Å². The van der Waals surface area contributed by atoms with E-state index in [1.54, 1.807) is 0 Å². The Bertz CT molecular complexity index is 1330. The molecule has 2 atom stereocenters. The second-order valence-electron chi connectivity index (χ2n) is 10.2. The fourth-order valence-electron chi connectivity index (χ4n) is 5.75. The summed E-state index contributed by atoms with van der Waals surface area (Å²) in [7, 11) is 0. The molecule has 1 N–H and O–H groups in total. The molecule has 2 unspecified atom stereocenters. The molecule has 0 saturated heterocycles. The topological polar surface area (TPSA) is 94.3 Å². The van der Waals surface area contributed by atoms with Crippen molar-refractivity contribution < 1.29 is 0 Å². The number of aromatic nitrogens is 7. The average molecular weight is 486 g/mol. The third kappa shape index (κ3) is 4.76. The third-order valence-corrected chi connectivity index (χ3v) is 7.65. The molecule has 1 fully saturated rings. The van der Waals surface area contributed by atoms with Gasteiger partial charge in [0.2, 0.25) is 5.82 Å². The Morgan fingerprint density at radius 1 is 1.06 bits per heavy atom. The van der Waals surface area contributed by atoms with Crippen molar-refractivity contribution in [3.05, 3.63) is 70.7 Å². The van der Waals surface area contributed by atoms with Gasteiger partial charge in [-0.1, -0.05) is 63.9 Å². The number of unbranched alkanes of at least 4 members (excludes halogenated alkanes) is 1. The van der Waals surface area contributed by atoms with E-state index in [2.05, 4.69) is 53.7 Å². The predicted molar refractivity (Wildman–Crippen MR) is 140 cm³/mol. The van der Waals surface area contributed by atoms with Gasteiger partial charge in [0.15, 0.2) is 0 Å². The van der Waals surface area contributed by atoms with Gasteiger partial charge in [-0.2, -0.15) is 5.21 Å². The van der Waals surface area contributed by atoms with Crippen LogP contribution in [-0.2, 0) is 13.0 Å². The van der Waals surface area contributed by atoms with Crippen LogP contribution < -0.4 is 5.69 Å². The number of imidazole rings is 1. The van der Waals surface area contributed by atoms with Gasteiger partial charge in [0.25, 0.3) is 0 Å². The van der Waals surface area contributed by atoms with Crippen LogP contribution in [-0.4, -0.2) is 34.7 Å². The molecular weight excluding hydrogens is 450 g/mol. The van der Waals surface area contributed by atoms with Crippen molar-refractivity contribution in [2.75, 3.05) is 0 Å². The predicted octanol–water partition coefficient (Wildman–Crippen LogP) is 5.28. The maximum atomic E-state index is 13.7. The molecule has 3 heterocycles. The maximum absolute atomic E-state index is 13.7. The zero-order valence-electron chi connectivity index (χ0n) is 21.4. The lowest BCUT2D eigenvalue weighted by molar-refractivity contribution is 0.179. The standard InChI is InChI=1S/C28H35N7O/c1-4-5-11-23-18-35(26-19(2)9-8-10-20(26)3)28(36)34(23)17-22-15-14-21(16-29-22)24-12-6-7-13-25(24)27-30-32-33-31-27/h6-7,12-16,18-20,26H,4-5,8-11,17H2,1-3H3,(H,30,31,32,33). The molecule has 36 heavy (non-hydrogen) atoms. The molecule has 8 nitrogen and oxygen atoms in total. The van der Waals surface area contributed by atoms with Crippen molar-refractivity contribution in [3.63, 3.8) is 0 Å². The number of pyridine rings is 1. The second kappa shape index (κ2) is 10.6. The van der Waals surface area contributed by atoms with E-state index in [0.29, 0.717) is 24.2 Å². The summed E-state index contributed by atoms with van der Waals surface area (Å²) in [5.41, 5.74) is 4.94. The van der Waals surface area contributed by atoms with E-state index in [9.17, 15) is 4.79 Å². The Balaban J connectivity index is 1.45. The van der Waals surface area contributed by atoms with Crippen molar-refractivity contribution in [2.24, 2.45) is 11.8 Å². The van der Waals surface area contributed by atoms with Gasteiger partial charge in [-0.25, -0.2) is 4.79 Å². The van der Waals surface area contributed by atoms with Gasteiger partial charge >= 0.3 is 5.69 Å². The zero-order valence-corrected chi connectivity index (χ0v) is 21.4. The summed E-state index contributed by atoms with van der Waals surface area (Å²) in [6.45, 7) is 7.26. The first kappa shape index (κ1) is 24.2. The van der Waals surface area contributed by atoms with Gasteiger partial charge in [0, 0.05) is 35.3 Å². The van der Waals surface area contributed by atoms with Crippen LogP contribution in [0.1, 0.15) is 70.3 Å². The molecule has 0 bridgehead atoms. The summed E-state index contributed by atoms with van der Waals surface area (Å²) in [5, 5.41) is 14.5. The molecule has 1 aliphatic carbocycles. The van der Waals surface area contributed by atoms with Crippen molar-refractivity contribution >= 4 is 0 Å². The lowest BCUT2D eigenvalue weighted by atomic mass is 9.78. The Hall–Kier alpha value is -3.55. The molecule has 1 aliphatic rings. The smallest absolute Gasteiger partial charge is 0.295 e. The summed E-state index contributed by atoms with van der Waals surface area (Å²) >= 11 is 0. The number of aromatic amines is 1. The number of benzene rings is 1. The maximum Gasteiger partial charge on any atom is 0.328 e. The van der Waals surface area contributed by atoms with Crippen LogP contribution >= 0.6 is 0 Å². The van der Waals surface area contributed by atoms with Crippen molar-refractivity contribution in [1.29, 1.82) is 0 Å².